The summed E-state index contributed by atoms with van der Waals surface area (Å²) in [5, 5.41) is 10.9. The quantitative estimate of drug-likeness (QED) is 0.242. The summed E-state index contributed by atoms with van der Waals surface area (Å²) in [5.41, 5.74) is -1.07. The molecular formula is C21H29ClO4. The van der Waals surface area contributed by atoms with E-state index in [-0.39, 0.29) is 22.4 Å². The monoisotopic (exact) mass is 380 g/mol. The van der Waals surface area contributed by atoms with Gasteiger partial charge < -0.3 is 9.84 Å². The Bertz CT molecular complexity index is 601. The first-order valence-corrected chi connectivity index (χ1v) is 9.57. The number of carbonyl (C=O) groups is 2. The molecule has 0 unspecified atom stereocenters. The second kappa shape index (κ2) is 11.9. The molecule has 144 valence electrons. The summed E-state index contributed by atoms with van der Waals surface area (Å²) >= 11 is 5.95. The molecule has 0 aromatic rings. The van der Waals surface area contributed by atoms with E-state index in [9.17, 15) is 14.7 Å². The van der Waals surface area contributed by atoms with Gasteiger partial charge in [0.15, 0.2) is 0 Å². The largest absolute Gasteiger partial charge is 0.469 e. The van der Waals surface area contributed by atoms with Crippen molar-refractivity contribution in [1.82, 2.24) is 0 Å². The molecule has 0 aliphatic heterocycles. The van der Waals surface area contributed by atoms with Gasteiger partial charge in [-0.1, -0.05) is 61.7 Å². The lowest BCUT2D eigenvalue weighted by atomic mass is 9.92. The number of ketones is 1. The van der Waals surface area contributed by atoms with Crippen molar-refractivity contribution in [2.24, 2.45) is 0 Å². The second-order valence-corrected chi connectivity index (χ2v) is 6.80. The average molecular weight is 381 g/mol. The molecule has 0 amide bonds. The third kappa shape index (κ3) is 7.30. The van der Waals surface area contributed by atoms with Gasteiger partial charge in [0, 0.05) is 18.4 Å². The second-order valence-electron chi connectivity index (χ2n) is 6.39. The number of esters is 1. The molecule has 5 heteroatoms. The highest BCUT2D eigenvalue weighted by Crippen LogP contribution is 2.35. The van der Waals surface area contributed by atoms with E-state index in [1.807, 2.05) is 18.2 Å². The Kier molecular flexibility index (Phi) is 10.2. The van der Waals surface area contributed by atoms with Gasteiger partial charge in [0.05, 0.1) is 12.1 Å². The number of Topliss-reactive ketones (excluding diaryl/α,β-unsaturated/α-hetero) is 1. The predicted octanol–water partition coefficient (Wildman–Crippen LogP) is 4.78. The van der Waals surface area contributed by atoms with Gasteiger partial charge in [-0.2, -0.15) is 0 Å². The summed E-state index contributed by atoms with van der Waals surface area (Å²) in [5.74, 6) is -0.577. The van der Waals surface area contributed by atoms with Crippen LogP contribution in [0.25, 0.3) is 0 Å². The first kappa shape index (κ1) is 22.4. The molecule has 0 radical (unpaired) electrons. The summed E-state index contributed by atoms with van der Waals surface area (Å²) in [6.07, 6.45) is 17.0. The van der Waals surface area contributed by atoms with Crippen molar-refractivity contribution >= 4 is 23.4 Å². The molecule has 1 N–H and O–H groups in total. The van der Waals surface area contributed by atoms with Crippen LogP contribution < -0.4 is 0 Å². The minimum Gasteiger partial charge on any atom is -0.469 e. The van der Waals surface area contributed by atoms with Crippen LogP contribution in [0.3, 0.4) is 0 Å². The van der Waals surface area contributed by atoms with Crippen molar-refractivity contribution < 1.29 is 19.4 Å². The molecule has 0 aromatic carbocycles. The van der Waals surface area contributed by atoms with Gasteiger partial charge in [0.25, 0.3) is 0 Å². The van der Waals surface area contributed by atoms with Gasteiger partial charge >= 0.3 is 5.97 Å². The predicted molar refractivity (Wildman–Crippen MR) is 105 cm³/mol. The zero-order valence-electron chi connectivity index (χ0n) is 15.7. The molecule has 1 rings (SSSR count). The Labute approximate surface area is 161 Å². The molecule has 26 heavy (non-hydrogen) atoms. The highest BCUT2D eigenvalue weighted by atomic mass is 35.5. The van der Waals surface area contributed by atoms with Crippen LogP contribution in [-0.2, 0) is 14.3 Å². The Morgan fingerprint density at radius 1 is 1.23 bits per heavy atom. The van der Waals surface area contributed by atoms with E-state index < -0.39 is 5.60 Å². The minimum atomic E-state index is -1.36. The minimum absolute atomic E-state index is 0.0530. The van der Waals surface area contributed by atoms with Gasteiger partial charge in [-0.05, 0) is 31.8 Å². The number of allylic oxidation sites excluding steroid dienone is 5. The molecule has 0 saturated heterocycles. The van der Waals surface area contributed by atoms with Crippen LogP contribution in [0.5, 0.6) is 0 Å². The third-order valence-corrected chi connectivity index (χ3v) is 4.52. The maximum absolute atomic E-state index is 12.2. The summed E-state index contributed by atoms with van der Waals surface area (Å²) in [7, 11) is 1.37. The third-order valence-electron chi connectivity index (χ3n) is 4.24. The van der Waals surface area contributed by atoms with Crippen LogP contribution in [0, 0.1) is 0 Å². The molecule has 0 saturated carbocycles. The molecule has 0 spiro atoms. The summed E-state index contributed by atoms with van der Waals surface area (Å²) in [6.45, 7) is 2.16. The van der Waals surface area contributed by atoms with E-state index in [4.69, 9.17) is 11.6 Å². The maximum atomic E-state index is 12.2. The molecule has 0 bridgehead atoms. The lowest BCUT2D eigenvalue weighted by Gasteiger charge is -2.20. The number of methoxy groups -OCH3 is 1. The Morgan fingerprint density at radius 3 is 2.65 bits per heavy atom. The number of halogens is 1. The van der Waals surface area contributed by atoms with E-state index >= 15 is 0 Å². The fourth-order valence-electron chi connectivity index (χ4n) is 2.69. The van der Waals surface area contributed by atoms with Crippen molar-refractivity contribution in [3.63, 3.8) is 0 Å². The van der Waals surface area contributed by atoms with Crippen molar-refractivity contribution in [2.75, 3.05) is 7.11 Å². The highest BCUT2D eigenvalue weighted by Gasteiger charge is 2.40. The first-order valence-electron chi connectivity index (χ1n) is 9.19. The zero-order valence-corrected chi connectivity index (χ0v) is 16.4. The number of unbranched alkanes of at least 4 members (excludes halogenated alkanes) is 4. The normalized spacial score (nSPS) is 21.9. The number of aliphatic hydroxyl groups is 1. The average Bonchev–Trinajstić information content (AvgIpc) is 2.83. The summed E-state index contributed by atoms with van der Waals surface area (Å²) < 4.78 is 4.58. The van der Waals surface area contributed by atoms with E-state index in [0.717, 1.165) is 12.8 Å². The van der Waals surface area contributed by atoms with Crippen molar-refractivity contribution in [3.05, 3.63) is 47.1 Å². The van der Waals surface area contributed by atoms with Crippen LogP contribution in [0.2, 0.25) is 0 Å². The van der Waals surface area contributed by atoms with Crippen molar-refractivity contribution in [1.29, 1.82) is 0 Å². The molecule has 1 aliphatic carbocycles. The topological polar surface area (TPSA) is 63.6 Å². The maximum Gasteiger partial charge on any atom is 0.305 e. The fraction of sp³-hybridized carbons (Fsp3) is 0.524. The Morgan fingerprint density at radius 2 is 1.96 bits per heavy atom. The van der Waals surface area contributed by atoms with Crippen LogP contribution >= 0.6 is 11.6 Å². The highest BCUT2D eigenvalue weighted by molar-refractivity contribution is 6.46. The van der Waals surface area contributed by atoms with Crippen LogP contribution in [0.4, 0.5) is 0 Å². The van der Waals surface area contributed by atoms with E-state index in [1.165, 1.54) is 26.0 Å². The van der Waals surface area contributed by atoms with Crippen molar-refractivity contribution in [3.8, 4) is 0 Å². The molecule has 4 nitrogen and oxygen atoms in total. The zero-order chi connectivity index (χ0) is 19.4. The van der Waals surface area contributed by atoms with Gasteiger partial charge in [0.1, 0.15) is 5.60 Å². The van der Waals surface area contributed by atoms with Crippen LogP contribution in [0.15, 0.2) is 47.1 Å². The summed E-state index contributed by atoms with van der Waals surface area (Å²) in [6, 6.07) is 0. The molecule has 0 aromatic heterocycles. The molecule has 0 fully saturated rings. The smallest absolute Gasteiger partial charge is 0.305 e. The Hall–Kier alpha value is -1.65. The fourth-order valence-corrected chi connectivity index (χ4v) is 2.97. The van der Waals surface area contributed by atoms with Gasteiger partial charge in [0.2, 0.25) is 5.78 Å². The number of hydrogen-bond acceptors (Lipinski definition) is 4. The molecular weight excluding hydrogens is 352 g/mol. The lowest BCUT2D eigenvalue weighted by molar-refractivity contribution is -0.140. The summed E-state index contributed by atoms with van der Waals surface area (Å²) in [4.78, 5) is 23.2. The number of hydrogen-bond donors (Lipinski definition) is 1. The van der Waals surface area contributed by atoms with E-state index in [0.29, 0.717) is 25.7 Å². The van der Waals surface area contributed by atoms with Crippen molar-refractivity contribution in [2.45, 2.75) is 63.9 Å². The standard InChI is InChI=1S/C21H29ClO4/c1-3-4-5-6-9-12-15-21(25)16-18(22)20(24)17(21)13-10-7-8-11-14-19(23)26-2/h7,9-10,12-13,16,25H,3-6,8,11,14-15H2,1-2H3/b10-7-,12-9-,17-13-/t21-/m1/s1. The number of rotatable bonds is 11. The van der Waals surface area contributed by atoms with Crippen LogP contribution in [0.1, 0.15) is 58.3 Å². The van der Waals surface area contributed by atoms with Gasteiger partial charge in [-0.3, -0.25) is 9.59 Å². The SMILES string of the molecule is CCCCC/C=C\C[C@@]1(O)C=C(Cl)C(=O)/C1=C/C=C\CCCC(=O)OC. The number of ether oxygens (including phenoxy) is 1. The number of carbonyl (C=O) groups excluding carboxylic acids is 2. The Balaban J connectivity index is 2.62. The molecule has 0 heterocycles. The van der Waals surface area contributed by atoms with Crippen LogP contribution in [-0.4, -0.2) is 29.6 Å². The lowest BCUT2D eigenvalue weighted by Crippen LogP contribution is -2.27. The van der Waals surface area contributed by atoms with Gasteiger partial charge in [-0.15, -0.1) is 0 Å². The molecule has 1 atom stereocenters. The first-order chi connectivity index (χ1) is 12.4. The van der Waals surface area contributed by atoms with Gasteiger partial charge in [-0.25, -0.2) is 0 Å². The molecule has 1 aliphatic rings. The van der Waals surface area contributed by atoms with E-state index in [1.54, 1.807) is 12.2 Å². The van der Waals surface area contributed by atoms with E-state index in [2.05, 4.69) is 11.7 Å².